The smallest absolute Gasteiger partial charge is 0 e. The summed E-state index contributed by atoms with van der Waals surface area (Å²) in [7, 11) is 4.50. The van der Waals surface area contributed by atoms with Gasteiger partial charge in [-0.25, -0.2) is 0 Å². The number of nitrogen functional groups attached to an aromatic ring is 1. The third kappa shape index (κ3) is 50.0. The van der Waals surface area contributed by atoms with Gasteiger partial charge in [-0.05, 0) is 21.1 Å². The second kappa shape index (κ2) is 54.2. The van der Waals surface area contributed by atoms with Crippen LogP contribution in [0.5, 0.6) is 0 Å². The molecule has 0 bridgehead atoms. The van der Waals surface area contributed by atoms with Crippen LogP contribution >= 0.6 is 0 Å². The van der Waals surface area contributed by atoms with Crippen molar-refractivity contribution in [3.63, 3.8) is 0 Å². The van der Waals surface area contributed by atoms with Crippen molar-refractivity contribution in [1.29, 1.82) is 0 Å². The van der Waals surface area contributed by atoms with Crippen molar-refractivity contribution in [1.82, 2.24) is 0 Å². The average Bonchev–Trinajstić information content (AvgIpc) is 3.05. The molecule has 0 unspecified atom stereocenters. The maximum absolute atomic E-state index is 5.33. The molecule has 0 aliphatic rings. The Balaban J connectivity index is -0.0000000847. The van der Waals surface area contributed by atoms with Gasteiger partial charge in [-0.1, -0.05) is 5.69 Å². The van der Waals surface area contributed by atoms with E-state index < -0.39 is 0 Å². The van der Waals surface area contributed by atoms with E-state index in [0.717, 1.165) is 5.69 Å². The number of hydrogen-bond donors (Lipinski definition) is 4. The van der Waals surface area contributed by atoms with Crippen molar-refractivity contribution in [2.45, 2.75) is 0 Å². The van der Waals surface area contributed by atoms with Gasteiger partial charge in [0, 0.05) is 98.1 Å². The van der Waals surface area contributed by atoms with Crippen LogP contribution in [-0.4, -0.2) is 21.1 Å². The fraction of sp³-hybridized carbons (Fsp3) is 0.0909. The zero-order valence-electron chi connectivity index (χ0n) is 23.8. The summed E-state index contributed by atoms with van der Waals surface area (Å²) in [4.78, 5) is 0. The van der Waals surface area contributed by atoms with Gasteiger partial charge < -0.3 is 41.1 Å². The van der Waals surface area contributed by atoms with Gasteiger partial charge in [0.2, 0.25) is 0 Å². The molecule has 0 aliphatic carbocycles. The third-order valence-electron chi connectivity index (χ3n) is 3.10. The summed E-state index contributed by atoms with van der Waals surface area (Å²) in [5, 5.41) is 0. The molecule has 207 valence electrons. The van der Waals surface area contributed by atoms with Gasteiger partial charge in [0.15, 0.2) is 0 Å². The van der Waals surface area contributed by atoms with Crippen LogP contribution in [0, 0.1) is 36.4 Å². The molecule has 5 aromatic carbocycles. The minimum absolute atomic E-state index is 0. The van der Waals surface area contributed by atoms with E-state index in [9.17, 15) is 0 Å². The van der Waals surface area contributed by atoms with Gasteiger partial charge in [-0.3, -0.25) is 18.2 Å². The van der Waals surface area contributed by atoms with E-state index in [1.807, 2.05) is 127 Å². The Morgan fingerprint density at radius 3 is 0.775 bits per heavy atom. The van der Waals surface area contributed by atoms with Crippen molar-refractivity contribution in [3.8, 4) is 0 Å². The number of nitrogens with two attached hydrogens (primary N) is 4. The standard InChI is InChI=1S/C6H6N.3C6H5.C6H4.3CH5N.3Y/c7-6-4-2-1-3-5-6;4*1-2-4-6-5-3-1;3*1-2;;;/h1-2,4-5H,7H2;3*1-5H;1-3,6H;3*2H2,1H3;;;/q4*-1;-2;;;;;;. The molecule has 5 rings (SSSR count). The zero-order valence-corrected chi connectivity index (χ0v) is 32.3. The molecule has 0 spiro atoms. The predicted molar refractivity (Wildman–Crippen MR) is 160 cm³/mol. The van der Waals surface area contributed by atoms with Crippen LogP contribution in [0.15, 0.2) is 140 Å². The molecule has 8 N–H and O–H groups in total. The number of rotatable bonds is 0. The van der Waals surface area contributed by atoms with E-state index in [1.54, 1.807) is 12.1 Å². The van der Waals surface area contributed by atoms with Crippen molar-refractivity contribution < 1.29 is 98.1 Å². The molecular weight excluding hydrogens is 719 g/mol. The van der Waals surface area contributed by atoms with E-state index in [1.165, 1.54) is 21.1 Å². The Morgan fingerprint density at radius 2 is 0.675 bits per heavy atom. The number of anilines is 1. The maximum atomic E-state index is 5.33. The van der Waals surface area contributed by atoms with Crippen molar-refractivity contribution in [2.75, 3.05) is 26.9 Å². The molecule has 3 radical (unpaired) electrons. The Labute approximate surface area is 319 Å². The second-order valence-electron chi connectivity index (χ2n) is 5.57. The van der Waals surface area contributed by atoms with Gasteiger partial charge in [-0.15, -0.1) is 0 Å². The molecule has 0 atom stereocenters. The minimum Gasteiger partial charge on any atom is -0.449 e. The van der Waals surface area contributed by atoms with Crippen molar-refractivity contribution in [3.05, 3.63) is 176 Å². The molecule has 0 heterocycles. The molecule has 0 aromatic heterocycles. The Kier molecular flexibility index (Phi) is 70.2. The molecule has 7 heteroatoms. The number of hydrogen-bond acceptors (Lipinski definition) is 4. The summed E-state index contributed by atoms with van der Waals surface area (Å²) >= 11 is 0. The van der Waals surface area contributed by atoms with Crippen molar-refractivity contribution >= 4 is 5.69 Å². The fourth-order valence-corrected chi connectivity index (χ4v) is 1.74. The second-order valence-corrected chi connectivity index (χ2v) is 5.57. The topological polar surface area (TPSA) is 104 Å². The molecule has 0 fully saturated rings. The zero-order chi connectivity index (χ0) is 28.1. The monoisotopic (exact) mass is 759 g/mol. The first-order valence-electron chi connectivity index (χ1n) is 11.4. The molecule has 5 aromatic rings. The maximum Gasteiger partial charge on any atom is 0 e. The van der Waals surface area contributed by atoms with Gasteiger partial charge in [0.1, 0.15) is 0 Å². The molecule has 0 saturated heterocycles. The first kappa shape index (κ1) is 51.8. The summed E-state index contributed by atoms with van der Waals surface area (Å²) < 4.78 is 0. The Morgan fingerprint density at radius 1 is 0.375 bits per heavy atom. The third-order valence-corrected chi connectivity index (χ3v) is 3.10. The van der Waals surface area contributed by atoms with Crippen LogP contribution in [0.4, 0.5) is 5.69 Å². The molecule has 4 nitrogen and oxygen atoms in total. The summed E-state index contributed by atoms with van der Waals surface area (Å²) in [6.45, 7) is 0. The Hall–Kier alpha value is -0.908. The van der Waals surface area contributed by atoms with E-state index in [2.05, 4.69) is 53.6 Å². The van der Waals surface area contributed by atoms with Crippen molar-refractivity contribution in [2.24, 2.45) is 17.2 Å². The van der Waals surface area contributed by atoms with E-state index in [4.69, 9.17) is 5.73 Å². The summed E-state index contributed by atoms with van der Waals surface area (Å²) in [6.07, 6.45) is 0. The predicted octanol–water partition coefficient (Wildman–Crippen LogP) is 5.53. The van der Waals surface area contributed by atoms with Crippen LogP contribution in [0.3, 0.4) is 0 Å². The number of benzene rings is 5. The molecule has 0 aliphatic heterocycles. The summed E-state index contributed by atoms with van der Waals surface area (Å²) in [6, 6.07) is 60.6. The van der Waals surface area contributed by atoms with Gasteiger partial charge in [-0.2, -0.15) is 140 Å². The normalized spacial score (nSPS) is 6.75. The molecule has 0 saturated carbocycles. The molecular formula is C33H40N4Y3-6. The van der Waals surface area contributed by atoms with Crippen LogP contribution < -0.4 is 22.9 Å². The van der Waals surface area contributed by atoms with Crippen LogP contribution in [0.1, 0.15) is 0 Å². The van der Waals surface area contributed by atoms with Gasteiger partial charge in [0.25, 0.3) is 0 Å². The summed E-state index contributed by atoms with van der Waals surface area (Å²) in [5.41, 5.74) is 19.6. The first-order valence-corrected chi connectivity index (χ1v) is 11.4. The minimum atomic E-state index is 0. The van der Waals surface area contributed by atoms with Crippen LogP contribution in [0.2, 0.25) is 0 Å². The van der Waals surface area contributed by atoms with Crippen LogP contribution in [-0.2, 0) is 98.1 Å². The fourth-order valence-electron chi connectivity index (χ4n) is 1.74. The molecule has 40 heavy (non-hydrogen) atoms. The van der Waals surface area contributed by atoms with E-state index >= 15 is 0 Å². The van der Waals surface area contributed by atoms with E-state index in [-0.39, 0.29) is 98.1 Å². The summed E-state index contributed by atoms with van der Waals surface area (Å²) in [5.74, 6) is 0. The average molecular weight is 759 g/mol. The van der Waals surface area contributed by atoms with Gasteiger partial charge in [0.05, 0.1) is 0 Å². The van der Waals surface area contributed by atoms with Crippen LogP contribution in [0.25, 0.3) is 0 Å². The Bertz CT molecular complexity index is 704. The SMILES string of the molecule is CN.CN.CN.Nc1c[c-]ccc1.[Y].[Y].[Y].[c-]1c[c-]ccc1.[c-]1ccccc1.[c-]1ccccc1.[c-]1ccccc1. The van der Waals surface area contributed by atoms with E-state index in [0.29, 0.717) is 0 Å². The first-order chi connectivity index (χ1) is 18.4. The largest absolute Gasteiger partial charge is 0.449 e. The molecule has 0 amide bonds. The van der Waals surface area contributed by atoms with Gasteiger partial charge >= 0.3 is 0 Å². The quantitative estimate of drug-likeness (QED) is 0.123.